The molecular formula is C15H9BrClN3OS. The van der Waals surface area contributed by atoms with Crippen molar-refractivity contribution in [3.8, 4) is 11.3 Å². The summed E-state index contributed by atoms with van der Waals surface area (Å²) in [4.78, 5) is 20.4. The van der Waals surface area contributed by atoms with Crippen molar-refractivity contribution in [3.63, 3.8) is 0 Å². The highest BCUT2D eigenvalue weighted by atomic mass is 79.9. The van der Waals surface area contributed by atoms with Crippen LogP contribution in [0.25, 0.3) is 11.3 Å². The smallest absolute Gasteiger partial charge is 0.259 e. The van der Waals surface area contributed by atoms with Crippen LogP contribution >= 0.6 is 38.9 Å². The molecule has 3 aromatic rings. The van der Waals surface area contributed by atoms with E-state index in [1.165, 1.54) is 17.5 Å². The van der Waals surface area contributed by atoms with E-state index in [9.17, 15) is 4.79 Å². The summed E-state index contributed by atoms with van der Waals surface area (Å²) in [5, 5.41) is 5.54. The molecule has 2 heterocycles. The van der Waals surface area contributed by atoms with Gasteiger partial charge in [0.15, 0.2) is 5.13 Å². The fourth-order valence-electron chi connectivity index (χ4n) is 1.79. The number of amides is 1. The lowest BCUT2D eigenvalue weighted by molar-refractivity contribution is 0.102. The van der Waals surface area contributed by atoms with Gasteiger partial charge in [-0.25, -0.2) is 9.97 Å². The zero-order valence-electron chi connectivity index (χ0n) is 11.1. The molecule has 0 atom stereocenters. The molecule has 3 rings (SSSR count). The Morgan fingerprint density at radius 3 is 2.86 bits per heavy atom. The van der Waals surface area contributed by atoms with E-state index in [4.69, 9.17) is 11.6 Å². The Morgan fingerprint density at radius 2 is 2.14 bits per heavy atom. The van der Waals surface area contributed by atoms with Gasteiger partial charge in [0.05, 0.1) is 11.3 Å². The fourth-order valence-corrected chi connectivity index (χ4v) is 3.02. The van der Waals surface area contributed by atoms with Crippen molar-refractivity contribution in [2.45, 2.75) is 0 Å². The van der Waals surface area contributed by atoms with E-state index in [0.717, 1.165) is 15.7 Å². The van der Waals surface area contributed by atoms with Crippen molar-refractivity contribution in [2.24, 2.45) is 0 Å². The summed E-state index contributed by atoms with van der Waals surface area (Å²) >= 11 is 10.5. The van der Waals surface area contributed by atoms with Crippen LogP contribution in [-0.4, -0.2) is 15.9 Å². The minimum absolute atomic E-state index is 0.265. The van der Waals surface area contributed by atoms with Gasteiger partial charge in [-0.05, 0) is 24.3 Å². The summed E-state index contributed by atoms with van der Waals surface area (Å²) in [5.74, 6) is -0.265. The fraction of sp³-hybridized carbons (Fsp3) is 0. The lowest BCUT2D eigenvalue weighted by atomic mass is 10.2. The van der Waals surface area contributed by atoms with Crippen molar-refractivity contribution >= 4 is 49.9 Å². The second kappa shape index (κ2) is 6.56. The molecule has 0 fully saturated rings. The minimum atomic E-state index is -0.265. The summed E-state index contributed by atoms with van der Waals surface area (Å²) in [5.41, 5.74) is 2.23. The van der Waals surface area contributed by atoms with E-state index in [0.29, 0.717) is 15.8 Å². The highest BCUT2D eigenvalue weighted by molar-refractivity contribution is 9.10. The predicted molar refractivity (Wildman–Crippen MR) is 92.5 cm³/mol. The average molecular weight is 395 g/mol. The first-order valence-electron chi connectivity index (χ1n) is 6.26. The number of hydrogen-bond donors (Lipinski definition) is 1. The van der Waals surface area contributed by atoms with Gasteiger partial charge in [0.2, 0.25) is 0 Å². The third kappa shape index (κ3) is 3.52. The molecule has 110 valence electrons. The maximum absolute atomic E-state index is 12.1. The Hall–Kier alpha value is -1.76. The van der Waals surface area contributed by atoms with Gasteiger partial charge in [-0.3, -0.25) is 10.1 Å². The van der Waals surface area contributed by atoms with Gasteiger partial charge in [0.25, 0.3) is 5.91 Å². The van der Waals surface area contributed by atoms with Crippen LogP contribution in [0.4, 0.5) is 5.13 Å². The summed E-state index contributed by atoms with van der Waals surface area (Å²) < 4.78 is 0.982. The maximum atomic E-state index is 12.1. The molecule has 22 heavy (non-hydrogen) atoms. The maximum Gasteiger partial charge on any atom is 0.259 e. The standard InChI is InChI=1S/C15H9BrClN3OS/c16-11-3-1-2-9(6-11)12-8-22-15(19-12)20-14(21)10-4-5-13(17)18-7-10/h1-8H,(H,19,20,21). The molecule has 0 aliphatic rings. The van der Waals surface area contributed by atoms with Crippen molar-refractivity contribution < 1.29 is 4.79 Å². The lowest BCUT2D eigenvalue weighted by Gasteiger charge is -2.01. The summed E-state index contributed by atoms with van der Waals surface area (Å²) in [6, 6.07) is 11.0. The van der Waals surface area contributed by atoms with Crippen LogP contribution in [0.5, 0.6) is 0 Å². The van der Waals surface area contributed by atoms with E-state index in [1.54, 1.807) is 12.1 Å². The number of nitrogens with one attached hydrogen (secondary N) is 1. The Kier molecular flexibility index (Phi) is 4.52. The number of carbonyl (C=O) groups is 1. The zero-order chi connectivity index (χ0) is 15.5. The van der Waals surface area contributed by atoms with Gasteiger partial charge < -0.3 is 0 Å². The van der Waals surface area contributed by atoms with Gasteiger partial charge in [-0.1, -0.05) is 39.7 Å². The highest BCUT2D eigenvalue weighted by Crippen LogP contribution is 2.27. The first kappa shape index (κ1) is 15.1. The van der Waals surface area contributed by atoms with Crippen molar-refractivity contribution in [3.05, 3.63) is 63.2 Å². The number of anilines is 1. The molecule has 4 nitrogen and oxygen atoms in total. The number of benzene rings is 1. The molecule has 0 unspecified atom stereocenters. The van der Waals surface area contributed by atoms with Crippen LogP contribution in [-0.2, 0) is 0 Å². The number of hydrogen-bond acceptors (Lipinski definition) is 4. The van der Waals surface area contributed by atoms with Crippen molar-refractivity contribution in [1.82, 2.24) is 9.97 Å². The summed E-state index contributed by atoms with van der Waals surface area (Å²) in [7, 11) is 0. The number of pyridine rings is 1. The lowest BCUT2D eigenvalue weighted by Crippen LogP contribution is -2.11. The van der Waals surface area contributed by atoms with Crippen LogP contribution in [0.3, 0.4) is 0 Å². The van der Waals surface area contributed by atoms with E-state index in [-0.39, 0.29) is 5.91 Å². The second-order valence-corrected chi connectivity index (χ2v) is 6.53. The van der Waals surface area contributed by atoms with E-state index >= 15 is 0 Å². The largest absolute Gasteiger partial charge is 0.298 e. The first-order chi connectivity index (χ1) is 10.6. The number of aromatic nitrogens is 2. The van der Waals surface area contributed by atoms with Gasteiger partial charge in [0.1, 0.15) is 5.15 Å². The molecule has 0 aliphatic heterocycles. The van der Waals surface area contributed by atoms with Crippen molar-refractivity contribution in [1.29, 1.82) is 0 Å². The van der Waals surface area contributed by atoms with Crippen molar-refractivity contribution in [2.75, 3.05) is 5.32 Å². The molecule has 0 radical (unpaired) electrons. The van der Waals surface area contributed by atoms with Gasteiger partial charge in [0, 0.05) is 21.6 Å². The first-order valence-corrected chi connectivity index (χ1v) is 8.31. The monoisotopic (exact) mass is 393 g/mol. The molecule has 1 amide bonds. The van der Waals surface area contributed by atoms with Crippen LogP contribution in [0.15, 0.2) is 52.4 Å². The van der Waals surface area contributed by atoms with E-state index < -0.39 is 0 Å². The molecule has 7 heteroatoms. The number of carbonyl (C=O) groups excluding carboxylic acids is 1. The molecule has 1 N–H and O–H groups in total. The summed E-state index contributed by atoms with van der Waals surface area (Å²) in [6.45, 7) is 0. The van der Waals surface area contributed by atoms with Crippen LogP contribution in [0.1, 0.15) is 10.4 Å². The Bertz CT molecular complexity index is 820. The molecule has 0 saturated carbocycles. The predicted octanol–water partition coefficient (Wildman–Crippen LogP) is 4.87. The molecule has 1 aromatic carbocycles. The SMILES string of the molecule is O=C(Nc1nc(-c2cccc(Br)c2)cs1)c1ccc(Cl)nc1. The zero-order valence-corrected chi connectivity index (χ0v) is 14.2. The number of nitrogens with zero attached hydrogens (tertiary/aromatic N) is 2. The molecule has 0 aliphatic carbocycles. The van der Waals surface area contributed by atoms with Crippen LogP contribution < -0.4 is 5.32 Å². The van der Waals surface area contributed by atoms with E-state index in [1.807, 2.05) is 29.6 Å². The molecule has 0 bridgehead atoms. The van der Waals surface area contributed by atoms with Crippen LogP contribution in [0, 0.1) is 0 Å². The third-order valence-corrected chi connectivity index (χ3v) is 4.31. The third-order valence-electron chi connectivity index (χ3n) is 2.83. The minimum Gasteiger partial charge on any atom is -0.298 e. The quantitative estimate of drug-likeness (QED) is 0.645. The highest BCUT2D eigenvalue weighted by Gasteiger charge is 2.10. The van der Waals surface area contributed by atoms with Crippen LogP contribution in [0.2, 0.25) is 5.15 Å². The molecule has 0 saturated heterocycles. The Labute approximate surface area is 144 Å². The van der Waals surface area contributed by atoms with E-state index in [2.05, 4.69) is 31.2 Å². The molecular weight excluding hydrogens is 386 g/mol. The Morgan fingerprint density at radius 1 is 1.27 bits per heavy atom. The van der Waals surface area contributed by atoms with Gasteiger partial charge in [-0.2, -0.15) is 0 Å². The normalized spacial score (nSPS) is 10.5. The van der Waals surface area contributed by atoms with Gasteiger partial charge >= 0.3 is 0 Å². The Balaban J connectivity index is 1.77. The summed E-state index contributed by atoms with van der Waals surface area (Å²) in [6.07, 6.45) is 1.43. The number of halogens is 2. The number of thiazole rings is 1. The molecule has 2 aromatic heterocycles. The number of rotatable bonds is 3. The second-order valence-electron chi connectivity index (χ2n) is 4.37. The van der Waals surface area contributed by atoms with Gasteiger partial charge in [-0.15, -0.1) is 11.3 Å². The average Bonchev–Trinajstić information content (AvgIpc) is 2.96. The topological polar surface area (TPSA) is 54.9 Å². The molecule has 0 spiro atoms.